The second kappa shape index (κ2) is 13.3. The lowest BCUT2D eigenvalue weighted by molar-refractivity contribution is -0.145. The van der Waals surface area contributed by atoms with Gasteiger partial charge in [0.2, 0.25) is 13.3 Å². The monoisotopic (exact) mass is 480 g/mol. The zero-order valence-electron chi connectivity index (χ0n) is 20.2. The fourth-order valence-corrected chi connectivity index (χ4v) is 6.86. The molecule has 1 aliphatic carbocycles. The summed E-state index contributed by atoms with van der Waals surface area (Å²) in [6.07, 6.45) is 6.33. The summed E-state index contributed by atoms with van der Waals surface area (Å²) < 4.78 is 18.5. The van der Waals surface area contributed by atoms with Crippen molar-refractivity contribution in [3.05, 3.63) is 35.9 Å². The second-order valence-electron chi connectivity index (χ2n) is 9.85. The van der Waals surface area contributed by atoms with Crippen molar-refractivity contribution in [2.24, 2.45) is 23.5 Å². The quantitative estimate of drug-likeness (QED) is 0.306. The average Bonchev–Trinajstić information content (AvgIpc) is 2.78. The predicted octanol–water partition coefficient (Wildman–Crippen LogP) is 4.07. The Balaban J connectivity index is 2.17. The summed E-state index contributed by atoms with van der Waals surface area (Å²) in [6, 6.07) is 8.64. The molecular formula is C25H41N2O5P. The zero-order valence-corrected chi connectivity index (χ0v) is 21.1. The number of amides is 1. The molecule has 0 radical (unpaired) electrons. The van der Waals surface area contributed by atoms with E-state index in [1.165, 1.54) is 13.5 Å². The van der Waals surface area contributed by atoms with Crippen LogP contribution in [0.3, 0.4) is 0 Å². The van der Waals surface area contributed by atoms with Crippen molar-refractivity contribution in [1.82, 2.24) is 5.32 Å². The van der Waals surface area contributed by atoms with Crippen LogP contribution in [0.4, 0.5) is 0 Å². The molecule has 3 unspecified atom stereocenters. The third kappa shape index (κ3) is 9.23. The van der Waals surface area contributed by atoms with Crippen molar-refractivity contribution >= 4 is 19.2 Å². The first-order valence-corrected chi connectivity index (χ1v) is 14.0. The summed E-state index contributed by atoms with van der Waals surface area (Å²) in [5.41, 5.74) is 7.08. The molecular weight excluding hydrogens is 439 g/mol. The van der Waals surface area contributed by atoms with Crippen molar-refractivity contribution < 1.29 is 23.8 Å². The van der Waals surface area contributed by atoms with Gasteiger partial charge in [-0.25, -0.2) is 0 Å². The highest BCUT2D eigenvalue weighted by molar-refractivity contribution is 7.58. The minimum absolute atomic E-state index is 0.166. The van der Waals surface area contributed by atoms with Crippen molar-refractivity contribution in [3.8, 4) is 0 Å². The topological polar surface area (TPSA) is 119 Å². The highest BCUT2D eigenvalue weighted by atomic mass is 31.2. The molecule has 1 saturated carbocycles. The molecule has 4 N–H and O–H groups in total. The van der Waals surface area contributed by atoms with Crippen LogP contribution in [0.2, 0.25) is 0 Å². The maximum atomic E-state index is 13.6. The molecule has 186 valence electrons. The SMILES string of the molecule is COC(=O)C(CC(C)C)CP(=O)(O)C(CC1CCCCC1)NC(=O)[C@@H](N)Cc1ccccc1. The van der Waals surface area contributed by atoms with Gasteiger partial charge in [0.25, 0.3) is 0 Å². The number of methoxy groups -OCH3 is 1. The standard InChI is InChI=1S/C25H41N2O5P/c1-18(2)14-21(25(29)32-3)17-33(30,31)23(16-20-12-8-5-9-13-20)27-24(28)22(26)15-19-10-6-4-7-11-19/h4,6-7,10-11,18,20-23H,5,8-9,12-17,26H2,1-3H3,(H,27,28)(H,30,31)/t21?,22-,23?/m0/s1. The number of carbonyl (C=O) groups is 2. The summed E-state index contributed by atoms with van der Waals surface area (Å²) in [5, 5.41) is 2.81. The minimum atomic E-state index is -3.91. The van der Waals surface area contributed by atoms with E-state index in [1.807, 2.05) is 44.2 Å². The summed E-state index contributed by atoms with van der Waals surface area (Å²) >= 11 is 0. The van der Waals surface area contributed by atoms with E-state index in [9.17, 15) is 19.0 Å². The van der Waals surface area contributed by atoms with Gasteiger partial charge in [-0.05, 0) is 36.7 Å². The minimum Gasteiger partial charge on any atom is -0.469 e. The third-order valence-corrected chi connectivity index (χ3v) is 8.76. The molecule has 2 rings (SSSR count). The van der Waals surface area contributed by atoms with E-state index in [1.54, 1.807) is 0 Å². The average molecular weight is 481 g/mol. The van der Waals surface area contributed by atoms with Crippen LogP contribution in [0.15, 0.2) is 30.3 Å². The van der Waals surface area contributed by atoms with E-state index in [-0.39, 0.29) is 18.0 Å². The summed E-state index contributed by atoms with van der Waals surface area (Å²) in [4.78, 5) is 36.4. The Hall–Kier alpha value is -1.69. The lowest BCUT2D eigenvalue weighted by Crippen LogP contribution is -2.47. The second-order valence-corrected chi connectivity index (χ2v) is 12.3. The van der Waals surface area contributed by atoms with Crippen LogP contribution in [0.25, 0.3) is 0 Å². The van der Waals surface area contributed by atoms with Gasteiger partial charge in [-0.15, -0.1) is 0 Å². The van der Waals surface area contributed by atoms with Crippen molar-refractivity contribution in [3.63, 3.8) is 0 Å². The molecule has 0 bridgehead atoms. The molecule has 1 aliphatic rings. The number of rotatable bonds is 12. The third-order valence-electron chi connectivity index (χ3n) is 6.48. The van der Waals surface area contributed by atoms with Crippen LogP contribution >= 0.6 is 7.37 Å². The largest absolute Gasteiger partial charge is 0.469 e. The summed E-state index contributed by atoms with van der Waals surface area (Å²) in [7, 11) is -2.62. The molecule has 8 heteroatoms. The van der Waals surface area contributed by atoms with Crippen molar-refractivity contribution in [2.45, 2.75) is 77.0 Å². The first-order valence-electron chi connectivity index (χ1n) is 12.1. The van der Waals surface area contributed by atoms with Gasteiger partial charge in [0, 0.05) is 6.16 Å². The number of nitrogens with one attached hydrogen (secondary N) is 1. The number of esters is 1. The Morgan fingerprint density at radius 1 is 1.18 bits per heavy atom. The number of carbonyl (C=O) groups excluding carboxylic acids is 2. The Labute approximate surface area is 198 Å². The normalized spacial score (nSPS) is 19.3. The van der Waals surface area contributed by atoms with Crippen LogP contribution < -0.4 is 11.1 Å². The molecule has 0 spiro atoms. The van der Waals surface area contributed by atoms with Crippen molar-refractivity contribution in [1.29, 1.82) is 0 Å². The molecule has 4 atom stereocenters. The number of ether oxygens (including phenoxy) is 1. The Morgan fingerprint density at radius 3 is 2.39 bits per heavy atom. The Kier molecular flexibility index (Phi) is 11.1. The number of hydrogen-bond acceptors (Lipinski definition) is 5. The van der Waals surface area contributed by atoms with Gasteiger partial charge >= 0.3 is 5.97 Å². The van der Waals surface area contributed by atoms with E-state index in [2.05, 4.69) is 5.32 Å². The van der Waals surface area contributed by atoms with Gasteiger partial charge in [0.05, 0.1) is 19.1 Å². The molecule has 1 fully saturated rings. The lowest BCUT2D eigenvalue weighted by atomic mass is 9.87. The molecule has 0 heterocycles. The first kappa shape index (κ1) is 27.6. The van der Waals surface area contributed by atoms with Crippen LogP contribution in [0, 0.1) is 17.8 Å². The van der Waals surface area contributed by atoms with Gasteiger partial charge < -0.3 is 20.7 Å². The smallest absolute Gasteiger partial charge is 0.309 e. The highest BCUT2D eigenvalue weighted by Gasteiger charge is 2.39. The predicted molar refractivity (Wildman–Crippen MR) is 131 cm³/mol. The van der Waals surface area contributed by atoms with Gasteiger partial charge in [-0.1, -0.05) is 76.3 Å². The van der Waals surface area contributed by atoms with E-state index in [0.717, 1.165) is 31.2 Å². The summed E-state index contributed by atoms with van der Waals surface area (Å²) in [6.45, 7) is 3.92. The molecule has 7 nitrogen and oxygen atoms in total. The van der Waals surface area contributed by atoms with E-state index < -0.39 is 37.0 Å². The van der Waals surface area contributed by atoms with Crippen LogP contribution in [-0.2, 0) is 25.3 Å². The molecule has 1 amide bonds. The fraction of sp³-hybridized carbons (Fsp3) is 0.680. The van der Waals surface area contributed by atoms with Crippen LogP contribution in [0.5, 0.6) is 0 Å². The van der Waals surface area contributed by atoms with Crippen LogP contribution in [0.1, 0.15) is 64.4 Å². The number of hydrogen-bond donors (Lipinski definition) is 3. The van der Waals surface area contributed by atoms with Gasteiger partial charge in [0.1, 0.15) is 5.78 Å². The van der Waals surface area contributed by atoms with E-state index in [4.69, 9.17) is 10.5 Å². The van der Waals surface area contributed by atoms with Gasteiger partial charge in [-0.2, -0.15) is 0 Å². The molecule has 33 heavy (non-hydrogen) atoms. The molecule has 0 aliphatic heterocycles. The molecule has 1 aromatic carbocycles. The molecule has 0 aromatic heterocycles. The van der Waals surface area contributed by atoms with E-state index >= 15 is 0 Å². The van der Waals surface area contributed by atoms with Crippen LogP contribution in [-0.4, -0.2) is 41.9 Å². The zero-order chi connectivity index (χ0) is 24.4. The van der Waals surface area contributed by atoms with Gasteiger partial charge in [0.15, 0.2) is 0 Å². The first-order chi connectivity index (χ1) is 15.6. The number of nitrogens with two attached hydrogens (primary N) is 1. The van der Waals surface area contributed by atoms with Crippen molar-refractivity contribution in [2.75, 3.05) is 13.3 Å². The highest BCUT2D eigenvalue weighted by Crippen LogP contribution is 2.51. The molecule has 1 aromatic rings. The van der Waals surface area contributed by atoms with E-state index in [0.29, 0.717) is 19.3 Å². The Morgan fingerprint density at radius 2 is 1.82 bits per heavy atom. The maximum absolute atomic E-state index is 13.6. The Bertz CT molecular complexity index is 795. The lowest BCUT2D eigenvalue weighted by Gasteiger charge is -2.32. The number of benzene rings is 1. The summed E-state index contributed by atoms with van der Waals surface area (Å²) in [5.74, 6) is -2.09. The van der Waals surface area contributed by atoms with Gasteiger partial charge in [-0.3, -0.25) is 14.2 Å². The maximum Gasteiger partial charge on any atom is 0.309 e. The fourth-order valence-electron chi connectivity index (χ4n) is 4.72. The molecule has 0 saturated heterocycles.